The van der Waals surface area contributed by atoms with Gasteiger partial charge in [0, 0.05) is 32.8 Å². The Labute approximate surface area is 273 Å². The minimum atomic E-state index is 0.680. The molecule has 0 atom stereocenters. The second-order valence-electron chi connectivity index (χ2n) is 12.3. The van der Waals surface area contributed by atoms with Crippen LogP contribution in [0.3, 0.4) is 0 Å². The quantitative estimate of drug-likeness (QED) is 0.192. The normalized spacial score (nSPS) is 17.8. The maximum atomic E-state index is 5.47. The van der Waals surface area contributed by atoms with Crippen LogP contribution in [0, 0.1) is 0 Å². The molecular formula is C43H32N4. The van der Waals surface area contributed by atoms with E-state index in [0.29, 0.717) is 5.96 Å². The Morgan fingerprint density at radius 1 is 0.447 bits per heavy atom. The van der Waals surface area contributed by atoms with Gasteiger partial charge in [-0.1, -0.05) is 115 Å². The van der Waals surface area contributed by atoms with Gasteiger partial charge in [-0.3, -0.25) is 4.57 Å². The average Bonchev–Trinajstić information content (AvgIpc) is 3.62. The molecule has 0 aliphatic carbocycles. The number of aromatic nitrogens is 2. The highest BCUT2D eigenvalue weighted by molar-refractivity contribution is 6.22. The third-order valence-electron chi connectivity index (χ3n) is 9.42. The van der Waals surface area contributed by atoms with Crippen molar-refractivity contribution in [3.63, 3.8) is 0 Å². The molecule has 2 aromatic heterocycles. The molecule has 4 heteroatoms. The van der Waals surface area contributed by atoms with Crippen molar-refractivity contribution in [2.75, 3.05) is 0 Å². The molecule has 0 N–H and O–H groups in total. The number of allylic oxidation sites excluding steroid dienone is 1. The molecule has 9 rings (SSSR count). The Kier molecular flexibility index (Phi) is 6.46. The molecule has 0 amide bonds. The lowest BCUT2D eigenvalue weighted by atomic mass is 9.99. The summed E-state index contributed by atoms with van der Waals surface area (Å²) in [6.07, 6.45) is 1.72. The number of aliphatic imine (C=N–C) groups is 2. The van der Waals surface area contributed by atoms with Gasteiger partial charge in [0.2, 0.25) is 5.96 Å². The Morgan fingerprint density at radius 2 is 0.957 bits per heavy atom. The Morgan fingerprint density at radius 3 is 1.60 bits per heavy atom. The number of rotatable bonds is 3. The second-order valence-corrected chi connectivity index (χ2v) is 12.3. The fourth-order valence-electron chi connectivity index (χ4n) is 7.17. The van der Waals surface area contributed by atoms with Crippen LogP contribution < -0.4 is 0 Å². The molecule has 0 saturated carbocycles. The zero-order valence-electron chi connectivity index (χ0n) is 26.1. The second kappa shape index (κ2) is 11.1. The van der Waals surface area contributed by atoms with Crippen molar-refractivity contribution in [3.8, 4) is 5.69 Å². The fourth-order valence-corrected chi connectivity index (χ4v) is 7.17. The summed E-state index contributed by atoms with van der Waals surface area (Å²) in [6.45, 7) is 2.21. The van der Waals surface area contributed by atoms with Gasteiger partial charge in [0.05, 0.1) is 33.5 Å². The van der Waals surface area contributed by atoms with Crippen molar-refractivity contribution in [2.24, 2.45) is 9.98 Å². The number of hydrogen-bond acceptors (Lipinski definition) is 2. The molecule has 0 saturated heterocycles. The summed E-state index contributed by atoms with van der Waals surface area (Å²) >= 11 is 0. The number of nitrogens with zero attached hydrogens (tertiary/aromatic N) is 4. The van der Waals surface area contributed by atoms with Gasteiger partial charge in [-0.15, -0.1) is 0 Å². The predicted molar refractivity (Wildman–Crippen MR) is 198 cm³/mol. The molecule has 4 nitrogen and oxygen atoms in total. The van der Waals surface area contributed by atoms with Crippen LogP contribution >= 0.6 is 0 Å². The molecule has 3 heterocycles. The van der Waals surface area contributed by atoms with Gasteiger partial charge in [0.15, 0.2) is 0 Å². The van der Waals surface area contributed by atoms with E-state index in [4.69, 9.17) is 9.98 Å². The number of para-hydroxylation sites is 3. The van der Waals surface area contributed by atoms with Crippen LogP contribution in [0.2, 0.25) is 0 Å². The SMILES string of the molecule is C\C1=C(c2ccccc2)/N=C(n2c3ccccc3c3cc4c(cc32)c2ccccc2n4-c2ccccc2)\N=C(\c2ccccc2)CC1. The maximum Gasteiger partial charge on any atom is 0.235 e. The Hall–Kier alpha value is -6.00. The minimum Gasteiger partial charge on any atom is -0.309 e. The molecule has 6 aromatic carbocycles. The first-order chi connectivity index (χ1) is 23.2. The van der Waals surface area contributed by atoms with Crippen LogP contribution in [0.25, 0.3) is 55.0 Å². The van der Waals surface area contributed by atoms with Crippen molar-refractivity contribution in [1.29, 1.82) is 0 Å². The molecule has 224 valence electrons. The van der Waals surface area contributed by atoms with E-state index in [2.05, 4.69) is 168 Å². The summed E-state index contributed by atoms with van der Waals surface area (Å²) in [6, 6.07) is 53.8. The molecule has 0 spiro atoms. The van der Waals surface area contributed by atoms with E-state index in [1.807, 2.05) is 0 Å². The molecule has 8 aromatic rings. The lowest BCUT2D eigenvalue weighted by Gasteiger charge is -2.17. The van der Waals surface area contributed by atoms with Gasteiger partial charge in [-0.25, -0.2) is 9.98 Å². The number of benzene rings is 6. The van der Waals surface area contributed by atoms with Crippen molar-refractivity contribution in [1.82, 2.24) is 9.13 Å². The molecule has 0 fully saturated rings. The van der Waals surface area contributed by atoms with E-state index in [-0.39, 0.29) is 0 Å². The Bertz CT molecular complexity index is 2550. The van der Waals surface area contributed by atoms with Crippen LogP contribution in [0.4, 0.5) is 0 Å². The van der Waals surface area contributed by atoms with E-state index < -0.39 is 0 Å². The third-order valence-corrected chi connectivity index (χ3v) is 9.42. The average molecular weight is 605 g/mol. The highest BCUT2D eigenvalue weighted by atomic mass is 15.2. The highest BCUT2D eigenvalue weighted by Crippen LogP contribution is 2.39. The van der Waals surface area contributed by atoms with Crippen LogP contribution in [0.15, 0.2) is 167 Å². The molecule has 0 radical (unpaired) electrons. The first-order valence-corrected chi connectivity index (χ1v) is 16.2. The van der Waals surface area contributed by atoms with Gasteiger partial charge in [-0.05, 0) is 67.3 Å². The fraction of sp³-hybridized carbons (Fsp3) is 0.0698. The van der Waals surface area contributed by atoms with Crippen LogP contribution in [0.1, 0.15) is 30.9 Å². The van der Waals surface area contributed by atoms with Gasteiger partial charge < -0.3 is 4.57 Å². The topological polar surface area (TPSA) is 34.6 Å². The summed E-state index contributed by atoms with van der Waals surface area (Å²) in [5, 5.41) is 4.78. The summed E-state index contributed by atoms with van der Waals surface area (Å²) < 4.78 is 4.66. The molecule has 0 unspecified atom stereocenters. The van der Waals surface area contributed by atoms with Crippen LogP contribution in [-0.2, 0) is 0 Å². The van der Waals surface area contributed by atoms with Gasteiger partial charge in [0.1, 0.15) is 0 Å². The van der Waals surface area contributed by atoms with E-state index in [9.17, 15) is 0 Å². The van der Waals surface area contributed by atoms with E-state index in [0.717, 1.165) is 52.1 Å². The summed E-state index contributed by atoms with van der Waals surface area (Å²) in [5.41, 5.74) is 11.2. The van der Waals surface area contributed by atoms with Crippen molar-refractivity contribution in [3.05, 3.63) is 168 Å². The lowest BCUT2D eigenvalue weighted by molar-refractivity contribution is 0.998. The third kappa shape index (κ3) is 4.52. The Balaban J connectivity index is 1.40. The first kappa shape index (κ1) is 27.3. The predicted octanol–water partition coefficient (Wildman–Crippen LogP) is 10.8. The molecular weight excluding hydrogens is 573 g/mol. The zero-order chi connectivity index (χ0) is 31.3. The van der Waals surface area contributed by atoms with Gasteiger partial charge in [0.25, 0.3) is 0 Å². The smallest absolute Gasteiger partial charge is 0.235 e. The highest BCUT2D eigenvalue weighted by Gasteiger charge is 2.22. The largest absolute Gasteiger partial charge is 0.309 e. The minimum absolute atomic E-state index is 0.680. The maximum absolute atomic E-state index is 5.47. The molecule has 0 bridgehead atoms. The van der Waals surface area contributed by atoms with Gasteiger partial charge in [-0.2, -0.15) is 0 Å². The van der Waals surface area contributed by atoms with Crippen molar-refractivity contribution >= 4 is 61.0 Å². The van der Waals surface area contributed by atoms with Crippen LogP contribution in [-0.4, -0.2) is 20.8 Å². The lowest BCUT2D eigenvalue weighted by Crippen LogP contribution is -2.16. The van der Waals surface area contributed by atoms with E-state index in [1.54, 1.807) is 0 Å². The van der Waals surface area contributed by atoms with E-state index in [1.165, 1.54) is 38.2 Å². The standard InChI is InChI=1S/C43H32N4/c1-29-25-26-37(30-15-5-2-6-16-30)44-43(45-42(29)31-17-7-3-8-18-31)47-39-24-14-12-22-34(39)36-27-40-35(28-41(36)47)33-21-11-13-23-38(33)46(40)32-19-9-4-10-20-32/h2-24,27-28H,25-26H2,1H3/b42-29+,44-37+,45-43+. The zero-order valence-corrected chi connectivity index (χ0v) is 26.1. The first-order valence-electron chi connectivity index (χ1n) is 16.2. The van der Waals surface area contributed by atoms with Crippen LogP contribution in [0.5, 0.6) is 0 Å². The summed E-state index contributed by atoms with van der Waals surface area (Å²) in [7, 11) is 0. The van der Waals surface area contributed by atoms with Gasteiger partial charge >= 0.3 is 0 Å². The molecule has 1 aliphatic heterocycles. The molecule has 1 aliphatic rings. The van der Waals surface area contributed by atoms with Crippen molar-refractivity contribution < 1.29 is 0 Å². The van der Waals surface area contributed by atoms with E-state index >= 15 is 0 Å². The summed E-state index contributed by atoms with van der Waals surface area (Å²) in [5.74, 6) is 0.680. The molecule has 47 heavy (non-hydrogen) atoms. The monoisotopic (exact) mass is 604 g/mol. The number of fused-ring (bicyclic) bond motifs is 6. The summed E-state index contributed by atoms with van der Waals surface area (Å²) in [4.78, 5) is 10.9. The number of hydrogen-bond donors (Lipinski definition) is 0. The van der Waals surface area contributed by atoms with Crippen molar-refractivity contribution in [2.45, 2.75) is 19.8 Å².